The number of para-hydroxylation sites is 3. The van der Waals surface area contributed by atoms with Gasteiger partial charge in [0.2, 0.25) is 0 Å². The van der Waals surface area contributed by atoms with Crippen LogP contribution in [0.4, 0.5) is 0 Å². The Hall–Kier alpha value is -5.22. The quantitative estimate of drug-likeness (QED) is 0.191. The summed E-state index contributed by atoms with van der Waals surface area (Å²) in [7, 11) is 0. The van der Waals surface area contributed by atoms with Gasteiger partial charge in [0.1, 0.15) is 11.5 Å². The molecule has 0 aliphatic carbocycles. The van der Waals surface area contributed by atoms with Crippen molar-refractivity contribution in [2.75, 3.05) is 0 Å². The van der Waals surface area contributed by atoms with Crippen LogP contribution in [0.3, 0.4) is 0 Å². The van der Waals surface area contributed by atoms with Gasteiger partial charge in [-0.1, -0.05) is 78.4 Å². The van der Waals surface area contributed by atoms with Crippen LogP contribution < -0.4 is 21.1 Å². The van der Waals surface area contributed by atoms with Gasteiger partial charge in [0.05, 0.1) is 22.2 Å². The summed E-state index contributed by atoms with van der Waals surface area (Å²) in [6.07, 6.45) is 0. The SMILES string of the molecule is Cc1cc(C)c(-n2c3ccccc3c3cc4c5cccc6c5n(c4cc32)-c2cccc3c2B6c2ccccc2O3)c(C)c1. The normalized spacial score (nSPS) is 13.1. The number of aromatic nitrogens is 2. The third kappa shape index (κ3) is 2.86. The van der Waals surface area contributed by atoms with Gasteiger partial charge >= 0.3 is 0 Å². The van der Waals surface area contributed by atoms with Crippen LogP contribution in [0.25, 0.3) is 55.0 Å². The Kier molecular flexibility index (Phi) is 4.34. The lowest BCUT2D eigenvalue weighted by atomic mass is 9.34. The first-order chi connectivity index (χ1) is 21.1. The van der Waals surface area contributed by atoms with E-state index in [0.29, 0.717) is 0 Å². The maximum atomic E-state index is 6.53. The second-order valence-corrected chi connectivity index (χ2v) is 12.3. The Morgan fingerprint density at radius 1 is 0.535 bits per heavy atom. The Balaban J connectivity index is 1.40. The molecule has 0 amide bonds. The molecule has 10 rings (SSSR count). The zero-order valence-corrected chi connectivity index (χ0v) is 24.3. The molecule has 2 aliphatic rings. The molecule has 202 valence electrons. The van der Waals surface area contributed by atoms with E-state index in [1.165, 1.54) is 88.1 Å². The lowest BCUT2D eigenvalue weighted by Crippen LogP contribution is -2.58. The van der Waals surface area contributed by atoms with Crippen LogP contribution in [0, 0.1) is 20.8 Å². The third-order valence-corrected chi connectivity index (χ3v) is 9.80. The molecule has 43 heavy (non-hydrogen) atoms. The van der Waals surface area contributed by atoms with Gasteiger partial charge in [-0.25, -0.2) is 0 Å². The van der Waals surface area contributed by atoms with E-state index in [2.05, 4.69) is 139 Å². The predicted octanol–water partition coefficient (Wildman–Crippen LogP) is 7.74. The first-order valence-corrected chi connectivity index (χ1v) is 15.1. The number of hydrogen-bond donors (Lipinski definition) is 0. The molecule has 0 saturated carbocycles. The lowest BCUT2D eigenvalue weighted by Gasteiger charge is -2.33. The van der Waals surface area contributed by atoms with Crippen molar-refractivity contribution in [2.24, 2.45) is 0 Å². The molecule has 3 nitrogen and oxygen atoms in total. The summed E-state index contributed by atoms with van der Waals surface area (Å²) in [5.41, 5.74) is 15.2. The minimum atomic E-state index is 0.138. The fraction of sp³-hybridized carbons (Fsp3) is 0.0769. The second-order valence-electron chi connectivity index (χ2n) is 12.3. The van der Waals surface area contributed by atoms with Gasteiger partial charge in [-0.2, -0.15) is 0 Å². The zero-order valence-electron chi connectivity index (χ0n) is 24.3. The molecular weight excluding hydrogens is 523 g/mol. The summed E-state index contributed by atoms with van der Waals surface area (Å²) in [4.78, 5) is 0. The van der Waals surface area contributed by atoms with E-state index >= 15 is 0 Å². The molecular formula is C39H27BN2O. The summed E-state index contributed by atoms with van der Waals surface area (Å²) in [6.45, 7) is 6.80. The topological polar surface area (TPSA) is 19.1 Å². The van der Waals surface area contributed by atoms with Crippen LogP contribution in [0.2, 0.25) is 0 Å². The zero-order chi connectivity index (χ0) is 28.6. The van der Waals surface area contributed by atoms with E-state index in [1.807, 2.05) is 0 Å². The van der Waals surface area contributed by atoms with E-state index in [4.69, 9.17) is 4.74 Å². The van der Waals surface area contributed by atoms with Crippen LogP contribution in [-0.2, 0) is 0 Å². The van der Waals surface area contributed by atoms with E-state index < -0.39 is 0 Å². The van der Waals surface area contributed by atoms with Gasteiger partial charge in [-0.05, 0) is 84.7 Å². The maximum Gasteiger partial charge on any atom is 0.256 e. The number of ether oxygens (including phenoxy) is 1. The number of nitrogens with zero attached hydrogens (tertiary/aromatic N) is 2. The van der Waals surface area contributed by atoms with Crippen molar-refractivity contribution in [3.05, 3.63) is 126 Å². The Labute approximate surface area is 249 Å². The molecule has 2 aromatic heterocycles. The molecule has 6 aromatic carbocycles. The molecule has 8 aromatic rings. The fourth-order valence-electron chi connectivity index (χ4n) is 8.32. The molecule has 0 spiro atoms. The smallest absolute Gasteiger partial charge is 0.256 e. The van der Waals surface area contributed by atoms with Crippen molar-refractivity contribution in [1.82, 2.24) is 9.13 Å². The van der Waals surface area contributed by atoms with Gasteiger partial charge in [-0.3, -0.25) is 0 Å². The molecule has 4 heterocycles. The van der Waals surface area contributed by atoms with Crippen LogP contribution in [0.5, 0.6) is 11.5 Å². The molecule has 2 aliphatic heterocycles. The summed E-state index contributed by atoms with van der Waals surface area (Å²) in [6, 6.07) is 40.3. The highest BCUT2D eigenvalue weighted by Crippen LogP contribution is 2.42. The standard InChI is InChI=1S/C39H27BN2O/c1-22-18-23(2)38(24(3)19-22)41-31-14-6-4-10-25(31)27-20-28-26-11-8-13-30-39(26)42(34(28)21-33(27)41)32-15-9-17-36-37(32)40(30)29-12-5-7-16-35(29)43-36/h4-21H,1-3H3. The molecule has 0 fully saturated rings. The van der Waals surface area contributed by atoms with Crippen molar-refractivity contribution < 1.29 is 4.74 Å². The average Bonchev–Trinajstić information content (AvgIpc) is 3.51. The number of rotatable bonds is 1. The van der Waals surface area contributed by atoms with Gasteiger partial charge in [0.15, 0.2) is 0 Å². The molecule has 0 unspecified atom stereocenters. The molecule has 0 saturated heterocycles. The van der Waals surface area contributed by atoms with E-state index in [9.17, 15) is 0 Å². The van der Waals surface area contributed by atoms with Crippen LogP contribution >= 0.6 is 0 Å². The Morgan fingerprint density at radius 2 is 1.21 bits per heavy atom. The second kappa shape index (κ2) is 7.99. The van der Waals surface area contributed by atoms with E-state index in [0.717, 1.165) is 11.5 Å². The van der Waals surface area contributed by atoms with Crippen molar-refractivity contribution in [3.8, 4) is 22.9 Å². The van der Waals surface area contributed by atoms with Gasteiger partial charge in [0.25, 0.3) is 6.71 Å². The first kappa shape index (κ1) is 23.4. The van der Waals surface area contributed by atoms with Crippen molar-refractivity contribution in [3.63, 3.8) is 0 Å². The molecule has 0 radical (unpaired) electrons. The Bertz CT molecular complexity index is 2510. The summed E-state index contributed by atoms with van der Waals surface area (Å²) in [5.74, 6) is 1.90. The molecule has 0 N–H and O–H groups in total. The molecule has 0 atom stereocenters. The fourth-order valence-corrected chi connectivity index (χ4v) is 8.32. The highest BCUT2D eigenvalue weighted by molar-refractivity contribution is 6.99. The highest BCUT2D eigenvalue weighted by Gasteiger charge is 2.40. The van der Waals surface area contributed by atoms with E-state index in [1.54, 1.807) is 0 Å². The largest absolute Gasteiger partial charge is 0.458 e. The number of fused-ring (bicyclic) bond motifs is 10. The van der Waals surface area contributed by atoms with Crippen molar-refractivity contribution in [2.45, 2.75) is 20.8 Å². The van der Waals surface area contributed by atoms with Crippen molar-refractivity contribution in [1.29, 1.82) is 0 Å². The van der Waals surface area contributed by atoms with Crippen LogP contribution in [0.1, 0.15) is 16.7 Å². The number of hydrogen-bond acceptors (Lipinski definition) is 1. The lowest BCUT2D eigenvalue weighted by molar-refractivity contribution is 0.487. The summed E-state index contributed by atoms with van der Waals surface area (Å²) < 4.78 is 11.5. The minimum absolute atomic E-state index is 0.138. The van der Waals surface area contributed by atoms with Gasteiger partial charge in [0, 0.05) is 32.7 Å². The molecule has 0 bridgehead atoms. The first-order valence-electron chi connectivity index (χ1n) is 15.1. The third-order valence-electron chi connectivity index (χ3n) is 9.80. The average molecular weight is 550 g/mol. The van der Waals surface area contributed by atoms with Crippen LogP contribution in [-0.4, -0.2) is 15.8 Å². The highest BCUT2D eigenvalue weighted by atomic mass is 16.5. The minimum Gasteiger partial charge on any atom is -0.458 e. The number of benzene rings is 6. The Morgan fingerprint density at radius 3 is 2.09 bits per heavy atom. The predicted molar refractivity (Wildman–Crippen MR) is 181 cm³/mol. The number of aryl methyl sites for hydroxylation is 3. The summed E-state index contributed by atoms with van der Waals surface area (Å²) >= 11 is 0. The van der Waals surface area contributed by atoms with Crippen LogP contribution in [0.15, 0.2) is 109 Å². The molecule has 4 heteroatoms. The monoisotopic (exact) mass is 550 g/mol. The summed E-state index contributed by atoms with van der Waals surface area (Å²) in [5, 5.41) is 5.16. The van der Waals surface area contributed by atoms with E-state index in [-0.39, 0.29) is 6.71 Å². The van der Waals surface area contributed by atoms with Crippen molar-refractivity contribution >= 4 is 66.7 Å². The van der Waals surface area contributed by atoms with Gasteiger partial charge < -0.3 is 13.9 Å². The van der Waals surface area contributed by atoms with Gasteiger partial charge in [-0.15, -0.1) is 0 Å². The maximum absolute atomic E-state index is 6.53.